The van der Waals surface area contributed by atoms with Crippen LogP contribution < -0.4 is 10.6 Å². The summed E-state index contributed by atoms with van der Waals surface area (Å²) >= 11 is 0. The van der Waals surface area contributed by atoms with Crippen molar-refractivity contribution in [1.82, 2.24) is 25.1 Å². The standard InChI is InChI=1S/C24H33F3N6O2/c1-32(2)13-21(34)15-3-6-18(7-4-15)33-11-17(12-33)31-22(35)10-28-23-19-9-16(24(25,26)27)5-8-20(19)29-14-30-23/h5,8-9,14-15,17-18,21,34H,3-4,6-7,10-13H2,1-2H3,(H,31,35)(H,28,29,30)/t15-,18-,21?. The molecule has 1 amide bonds. The van der Waals surface area contributed by atoms with Crippen LogP contribution >= 0.6 is 0 Å². The second-order valence-electron chi connectivity index (χ2n) is 9.92. The molecule has 0 radical (unpaired) electrons. The minimum Gasteiger partial charge on any atom is -0.392 e. The molecule has 11 heteroatoms. The molecule has 1 unspecified atom stereocenters. The number of aliphatic hydroxyl groups excluding tert-OH is 1. The number of alkyl halides is 3. The zero-order valence-electron chi connectivity index (χ0n) is 20.1. The molecule has 1 aromatic carbocycles. The van der Waals surface area contributed by atoms with Gasteiger partial charge in [-0.05, 0) is 63.9 Å². The number of fused-ring (bicyclic) bond motifs is 1. The van der Waals surface area contributed by atoms with Crippen molar-refractivity contribution in [3.8, 4) is 0 Å². The Labute approximate surface area is 202 Å². The topological polar surface area (TPSA) is 93.6 Å². The van der Waals surface area contributed by atoms with Crippen molar-refractivity contribution in [3.05, 3.63) is 30.1 Å². The number of hydrogen-bond acceptors (Lipinski definition) is 7. The molecule has 1 atom stereocenters. The van der Waals surface area contributed by atoms with Crippen molar-refractivity contribution in [3.63, 3.8) is 0 Å². The maximum atomic E-state index is 13.1. The fourth-order valence-electron chi connectivity index (χ4n) is 5.09. The number of nitrogens with one attached hydrogen (secondary N) is 2. The number of carbonyl (C=O) groups excluding carboxylic acids is 1. The number of likely N-dealkylation sites (tertiary alicyclic amines) is 1. The number of rotatable bonds is 8. The largest absolute Gasteiger partial charge is 0.416 e. The smallest absolute Gasteiger partial charge is 0.392 e. The predicted octanol–water partition coefficient (Wildman–Crippen LogP) is 2.34. The van der Waals surface area contributed by atoms with Crippen molar-refractivity contribution in [1.29, 1.82) is 0 Å². The molecule has 2 heterocycles. The van der Waals surface area contributed by atoms with Crippen LogP contribution in [0.4, 0.5) is 19.0 Å². The molecule has 2 aliphatic rings. The molecule has 1 aromatic heterocycles. The minimum absolute atomic E-state index is 0.0559. The van der Waals surface area contributed by atoms with E-state index < -0.39 is 11.7 Å². The Morgan fingerprint density at radius 2 is 1.91 bits per heavy atom. The minimum atomic E-state index is -4.47. The number of anilines is 1. The average Bonchev–Trinajstić information content (AvgIpc) is 2.78. The third-order valence-corrected chi connectivity index (χ3v) is 7.01. The van der Waals surface area contributed by atoms with Gasteiger partial charge < -0.3 is 20.6 Å². The van der Waals surface area contributed by atoms with Crippen LogP contribution in [0.5, 0.6) is 0 Å². The van der Waals surface area contributed by atoms with E-state index in [2.05, 4.69) is 25.5 Å². The molecule has 2 fully saturated rings. The highest BCUT2D eigenvalue weighted by molar-refractivity contribution is 5.91. The molecule has 1 saturated carbocycles. The first kappa shape index (κ1) is 25.6. The molecule has 1 saturated heterocycles. The quantitative estimate of drug-likeness (QED) is 0.519. The van der Waals surface area contributed by atoms with Crippen LogP contribution in [0, 0.1) is 5.92 Å². The van der Waals surface area contributed by atoms with E-state index in [1.54, 1.807) is 0 Å². The number of aromatic nitrogens is 2. The number of hydrogen-bond donors (Lipinski definition) is 3. The van der Waals surface area contributed by atoms with Gasteiger partial charge in [-0.3, -0.25) is 9.69 Å². The lowest BCUT2D eigenvalue weighted by atomic mass is 9.81. The Hall–Kier alpha value is -2.50. The molecule has 4 rings (SSSR count). The summed E-state index contributed by atoms with van der Waals surface area (Å²) < 4.78 is 39.2. The van der Waals surface area contributed by atoms with Crippen molar-refractivity contribution < 1.29 is 23.1 Å². The molecule has 35 heavy (non-hydrogen) atoms. The van der Waals surface area contributed by atoms with E-state index in [0.717, 1.165) is 50.9 Å². The number of amides is 1. The number of nitrogens with zero attached hydrogens (tertiary/aromatic N) is 4. The maximum absolute atomic E-state index is 13.1. The predicted molar refractivity (Wildman–Crippen MR) is 127 cm³/mol. The fourth-order valence-corrected chi connectivity index (χ4v) is 5.09. The van der Waals surface area contributed by atoms with Crippen LogP contribution in [0.15, 0.2) is 24.5 Å². The second-order valence-corrected chi connectivity index (χ2v) is 9.92. The molecule has 1 aliphatic heterocycles. The van der Waals surface area contributed by atoms with Crippen LogP contribution in [-0.4, -0.2) is 89.2 Å². The molecule has 0 spiro atoms. The normalized spacial score (nSPS) is 22.7. The molecule has 1 aliphatic carbocycles. The Morgan fingerprint density at radius 1 is 1.20 bits per heavy atom. The highest BCUT2D eigenvalue weighted by atomic mass is 19.4. The summed E-state index contributed by atoms with van der Waals surface area (Å²) in [6.45, 7) is 2.17. The lowest BCUT2D eigenvalue weighted by Crippen LogP contribution is -2.63. The van der Waals surface area contributed by atoms with Crippen molar-refractivity contribution in [2.24, 2.45) is 5.92 Å². The molecule has 192 valence electrons. The van der Waals surface area contributed by atoms with Gasteiger partial charge in [0.2, 0.25) is 5.91 Å². The number of likely N-dealkylation sites (N-methyl/N-ethyl adjacent to an activating group) is 1. The van der Waals surface area contributed by atoms with Gasteiger partial charge in [-0.15, -0.1) is 0 Å². The third-order valence-electron chi connectivity index (χ3n) is 7.01. The molecular weight excluding hydrogens is 461 g/mol. The van der Waals surface area contributed by atoms with Gasteiger partial charge in [0, 0.05) is 31.1 Å². The number of carbonyl (C=O) groups is 1. The van der Waals surface area contributed by atoms with Gasteiger partial charge in [-0.1, -0.05) is 0 Å². The van der Waals surface area contributed by atoms with E-state index in [-0.39, 0.29) is 35.8 Å². The van der Waals surface area contributed by atoms with E-state index in [9.17, 15) is 23.1 Å². The molecule has 8 nitrogen and oxygen atoms in total. The molecule has 0 bridgehead atoms. The van der Waals surface area contributed by atoms with Gasteiger partial charge in [0.15, 0.2) is 0 Å². The van der Waals surface area contributed by atoms with Crippen LogP contribution in [0.2, 0.25) is 0 Å². The highest BCUT2D eigenvalue weighted by Crippen LogP contribution is 2.33. The van der Waals surface area contributed by atoms with Gasteiger partial charge in [0.1, 0.15) is 12.1 Å². The van der Waals surface area contributed by atoms with E-state index in [0.29, 0.717) is 24.0 Å². The van der Waals surface area contributed by atoms with E-state index in [4.69, 9.17) is 0 Å². The van der Waals surface area contributed by atoms with Gasteiger partial charge in [0.25, 0.3) is 0 Å². The summed E-state index contributed by atoms with van der Waals surface area (Å²) in [7, 11) is 3.94. The van der Waals surface area contributed by atoms with E-state index in [1.807, 2.05) is 19.0 Å². The van der Waals surface area contributed by atoms with Gasteiger partial charge >= 0.3 is 6.18 Å². The lowest BCUT2D eigenvalue weighted by Gasteiger charge is -2.47. The SMILES string of the molecule is CN(C)CC(O)[C@H]1CC[C@H](N2CC(NC(=O)CNc3ncnc4ccc(C(F)(F)F)cc34)C2)CC1. The average molecular weight is 495 g/mol. The highest BCUT2D eigenvalue weighted by Gasteiger charge is 2.36. The van der Waals surface area contributed by atoms with Crippen LogP contribution in [0.25, 0.3) is 10.9 Å². The summed E-state index contributed by atoms with van der Waals surface area (Å²) in [5.41, 5.74) is -0.419. The summed E-state index contributed by atoms with van der Waals surface area (Å²) in [5.74, 6) is 0.310. The summed E-state index contributed by atoms with van der Waals surface area (Å²) in [4.78, 5) is 24.8. The molecular formula is C24H33F3N6O2. The fraction of sp³-hybridized carbons (Fsp3) is 0.625. The summed E-state index contributed by atoms with van der Waals surface area (Å²) in [6.07, 6.45) is 0.637. The number of aliphatic hydroxyl groups is 1. The maximum Gasteiger partial charge on any atom is 0.416 e. The number of benzene rings is 1. The molecule has 3 N–H and O–H groups in total. The first-order valence-corrected chi connectivity index (χ1v) is 12.0. The van der Waals surface area contributed by atoms with Gasteiger partial charge in [0.05, 0.1) is 29.8 Å². The zero-order valence-corrected chi connectivity index (χ0v) is 20.1. The zero-order chi connectivity index (χ0) is 25.2. The Kier molecular flexibility index (Phi) is 7.77. The van der Waals surface area contributed by atoms with E-state index in [1.165, 1.54) is 12.4 Å². The van der Waals surface area contributed by atoms with E-state index >= 15 is 0 Å². The first-order valence-electron chi connectivity index (χ1n) is 12.0. The number of halogens is 3. The monoisotopic (exact) mass is 494 g/mol. The lowest BCUT2D eigenvalue weighted by molar-refractivity contribution is -0.137. The summed E-state index contributed by atoms with van der Waals surface area (Å²) in [6, 6.07) is 3.81. The van der Waals surface area contributed by atoms with Crippen molar-refractivity contribution >= 4 is 22.6 Å². The Balaban J connectivity index is 1.22. The van der Waals surface area contributed by atoms with Crippen LogP contribution in [0.1, 0.15) is 31.2 Å². The van der Waals surface area contributed by atoms with Crippen molar-refractivity contribution in [2.75, 3.05) is 45.6 Å². The van der Waals surface area contributed by atoms with Gasteiger partial charge in [-0.2, -0.15) is 13.2 Å². The second kappa shape index (κ2) is 10.6. The Morgan fingerprint density at radius 3 is 2.57 bits per heavy atom. The van der Waals surface area contributed by atoms with Crippen molar-refractivity contribution in [2.45, 2.75) is 50.0 Å². The van der Waals surface area contributed by atoms with Crippen LogP contribution in [-0.2, 0) is 11.0 Å². The van der Waals surface area contributed by atoms with Gasteiger partial charge in [-0.25, -0.2) is 9.97 Å². The third kappa shape index (κ3) is 6.39. The summed E-state index contributed by atoms with van der Waals surface area (Å²) in [5, 5.41) is 16.4. The van der Waals surface area contributed by atoms with Crippen LogP contribution in [0.3, 0.4) is 0 Å². The first-order chi connectivity index (χ1) is 16.6. The Bertz CT molecular complexity index is 1020. The molecule has 2 aromatic rings.